The van der Waals surface area contributed by atoms with Gasteiger partial charge in [0.1, 0.15) is 6.33 Å². The number of nitrogens with one attached hydrogen (secondary N) is 1. The number of methoxy groups -OCH3 is 1. The molecular weight excluding hydrogens is 238 g/mol. The van der Waals surface area contributed by atoms with Gasteiger partial charge in [0.2, 0.25) is 5.88 Å². The van der Waals surface area contributed by atoms with Gasteiger partial charge in [-0.2, -0.15) is 0 Å². The summed E-state index contributed by atoms with van der Waals surface area (Å²) < 4.78 is 5.16. The molecule has 1 unspecified atom stereocenters. The molecule has 0 radical (unpaired) electrons. The third-order valence-electron chi connectivity index (χ3n) is 4.34. The van der Waals surface area contributed by atoms with Crippen LogP contribution < -0.4 is 10.1 Å². The summed E-state index contributed by atoms with van der Waals surface area (Å²) in [5, 5.41) is 3.47. The van der Waals surface area contributed by atoms with E-state index >= 15 is 0 Å². The Morgan fingerprint density at radius 2 is 2.05 bits per heavy atom. The van der Waals surface area contributed by atoms with E-state index in [2.05, 4.69) is 29.3 Å². The molecule has 0 amide bonds. The lowest BCUT2D eigenvalue weighted by molar-refractivity contribution is 0.234. The Kier molecular flexibility index (Phi) is 5.14. The van der Waals surface area contributed by atoms with Crippen molar-refractivity contribution in [3.8, 4) is 5.88 Å². The highest BCUT2D eigenvalue weighted by molar-refractivity contribution is 5.14. The van der Waals surface area contributed by atoms with Crippen molar-refractivity contribution in [3.63, 3.8) is 0 Å². The summed E-state index contributed by atoms with van der Waals surface area (Å²) in [6.45, 7) is 2.36. The summed E-state index contributed by atoms with van der Waals surface area (Å²) in [7, 11) is 3.70. The highest BCUT2D eigenvalue weighted by Crippen LogP contribution is 2.31. The van der Waals surface area contributed by atoms with E-state index in [9.17, 15) is 0 Å². The van der Waals surface area contributed by atoms with Gasteiger partial charge in [-0.05, 0) is 31.7 Å². The first-order valence-electron chi connectivity index (χ1n) is 7.25. The number of likely N-dealkylation sites (N-methyl/N-ethyl adjacent to an activating group) is 1. The summed E-state index contributed by atoms with van der Waals surface area (Å²) in [6.07, 6.45) is 7.91. The van der Waals surface area contributed by atoms with Crippen LogP contribution in [0.15, 0.2) is 12.4 Å². The van der Waals surface area contributed by atoms with E-state index in [0.717, 1.165) is 24.0 Å². The number of ether oxygens (including phenoxy) is 1. The maximum Gasteiger partial charge on any atom is 0.216 e. The predicted octanol–water partition coefficient (Wildman–Crippen LogP) is 2.44. The molecule has 1 aliphatic rings. The van der Waals surface area contributed by atoms with Crippen molar-refractivity contribution >= 4 is 0 Å². The number of hydrogen-bond donors (Lipinski definition) is 1. The van der Waals surface area contributed by atoms with Crippen molar-refractivity contribution in [2.45, 2.75) is 45.1 Å². The van der Waals surface area contributed by atoms with Crippen LogP contribution >= 0.6 is 0 Å². The molecule has 1 N–H and O–H groups in total. The van der Waals surface area contributed by atoms with Gasteiger partial charge in [-0.3, -0.25) is 0 Å². The van der Waals surface area contributed by atoms with Crippen LogP contribution in [0.2, 0.25) is 0 Å². The quantitative estimate of drug-likeness (QED) is 0.886. The Labute approximate surface area is 116 Å². The van der Waals surface area contributed by atoms with Crippen LogP contribution in [0.25, 0.3) is 0 Å². The summed E-state index contributed by atoms with van der Waals surface area (Å²) in [6, 6.07) is 2.45. The Morgan fingerprint density at radius 3 is 2.68 bits per heavy atom. The molecule has 0 bridgehead atoms. The zero-order chi connectivity index (χ0) is 13.7. The number of rotatable bonds is 5. The summed E-state index contributed by atoms with van der Waals surface area (Å²) in [5.41, 5.74) is 1.06. The minimum absolute atomic E-state index is 0.507. The molecule has 1 aliphatic carbocycles. The molecule has 0 aromatic carbocycles. The van der Waals surface area contributed by atoms with Crippen LogP contribution in [0.1, 0.15) is 38.3 Å². The van der Waals surface area contributed by atoms with E-state index in [4.69, 9.17) is 4.74 Å². The Bertz CT molecular complexity index is 389. The van der Waals surface area contributed by atoms with E-state index in [-0.39, 0.29) is 0 Å². The Morgan fingerprint density at radius 1 is 1.32 bits per heavy atom. The molecule has 0 saturated heterocycles. The Hall–Kier alpha value is -1.16. The third-order valence-corrected chi connectivity index (χ3v) is 4.34. The minimum atomic E-state index is 0.507. The molecule has 1 heterocycles. The Balaban J connectivity index is 1.98. The molecule has 1 aromatic heterocycles. The SMILES string of the molecule is CNC(Cc1cc(OC)ncn1)C1CCC(C)CC1. The first-order valence-corrected chi connectivity index (χ1v) is 7.25. The second-order valence-electron chi connectivity index (χ2n) is 5.67. The fourth-order valence-electron chi connectivity index (χ4n) is 3.02. The lowest BCUT2D eigenvalue weighted by Gasteiger charge is -2.32. The summed E-state index contributed by atoms with van der Waals surface area (Å²) in [5.74, 6) is 2.31. The van der Waals surface area contributed by atoms with Crippen LogP contribution in [-0.4, -0.2) is 30.2 Å². The molecule has 1 saturated carbocycles. The zero-order valence-corrected chi connectivity index (χ0v) is 12.2. The van der Waals surface area contributed by atoms with Crippen molar-refractivity contribution in [1.82, 2.24) is 15.3 Å². The molecule has 19 heavy (non-hydrogen) atoms. The van der Waals surface area contributed by atoms with Crippen LogP contribution in [0.4, 0.5) is 0 Å². The molecule has 1 atom stereocenters. The molecule has 0 spiro atoms. The zero-order valence-electron chi connectivity index (χ0n) is 12.2. The second-order valence-corrected chi connectivity index (χ2v) is 5.67. The van der Waals surface area contributed by atoms with Crippen LogP contribution in [0.3, 0.4) is 0 Å². The molecule has 4 nitrogen and oxygen atoms in total. The average molecular weight is 263 g/mol. The third kappa shape index (κ3) is 3.90. The van der Waals surface area contributed by atoms with Crippen molar-refractivity contribution in [1.29, 1.82) is 0 Å². The van der Waals surface area contributed by atoms with Crippen LogP contribution in [0, 0.1) is 11.8 Å². The normalized spacial score (nSPS) is 25.0. The molecule has 2 rings (SSSR count). The van der Waals surface area contributed by atoms with Gasteiger partial charge in [0.05, 0.1) is 7.11 Å². The molecule has 106 valence electrons. The number of aromatic nitrogens is 2. The topological polar surface area (TPSA) is 47.0 Å². The first-order chi connectivity index (χ1) is 9.22. The minimum Gasteiger partial charge on any atom is -0.481 e. The van der Waals surface area contributed by atoms with E-state index in [1.165, 1.54) is 25.7 Å². The largest absolute Gasteiger partial charge is 0.481 e. The lowest BCUT2D eigenvalue weighted by atomic mass is 9.78. The van der Waals surface area contributed by atoms with Gasteiger partial charge in [-0.15, -0.1) is 0 Å². The van der Waals surface area contributed by atoms with Gasteiger partial charge in [-0.25, -0.2) is 9.97 Å². The molecular formula is C15H25N3O. The summed E-state index contributed by atoms with van der Waals surface area (Å²) in [4.78, 5) is 8.41. The lowest BCUT2D eigenvalue weighted by Crippen LogP contribution is -2.37. The molecule has 1 aromatic rings. The standard InChI is InChI=1S/C15H25N3O/c1-11-4-6-12(7-5-11)14(16-2)8-13-9-15(19-3)18-10-17-13/h9-12,14,16H,4-8H2,1-3H3. The summed E-state index contributed by atoms with van der Waals surface area (Å²) >= 11 is 0. The van der Waals surface area contributed by atoms with E-state index in [0.29, 0.717) is 11.9 Å². The predicted molar refractivity (Wildman–Crippen MR) is 76.3 cm³/mol. The second kappa shape index (κ2) is 6.85. The van der Waals surface area contributed by atoms with Crippen LogP contribution in [-0.2, 0) is 6.42 Å². The van der Waals surface area contributed by atoms with Gasteiger partial charge in [-0.1, -0.05) is 19.8 Å². The van der Waals surface area contributed by atoms with Crippen molar-refractivity contribution in [2.24, 2.45) is 11.8 Å². The molecule has 0 aliphatic heterocycles. The first kappa shape index (κ1) is 14.3. The van der Waals surface area contributed by atoms with E-state index in [1.54, 1.807) is 13.4 Å². The van der Waals surface area contributed by atoms with Gasteiger partial charge >= 0.3 is 0 Å². The molecule has 1 fully saturated rings. The van der Waals surface area contributed by atoms with Gasteiger partial charge in [0.25, 0.3) is 0 Å². The van der Waals surface area contributed by atoms with Crippen molar-refractivity contribution < 1.29 is 4.74 Å². The van der Waals surface area contributed by atoms with Crippen molar-refractivity contribution in [2.75, 3.05) is 14.2 Å². The highest BCUT2D eigenvalue weighted by atomic mass is 16.5. The van der Waals surface area contributed by atoms with E-state index in [1.807, 2.05) is 6.07 Å². The molecule has 4 heteroatoms. The van der Waals surface area contributed by atoms with Gasteiger partial charge in [0.15, 0.2) is 0 Å². The van der Waals surface area contributed by atoms with E-state index < -0.39 is 0 Å². The average Bonchev–Trinajstić information content (AvgIpc) is 2.46. The number of nitrogens with zero attached hydrogens (tertiary/aromatic N) is 2. The maximum absolute atomic E-state index is 5.16. The highest BCUT2D eigenvalue weighted by Gasteiger charge is 2.25. The monoisotopic (exact) mass is 263 g/mol. The maximum atomic E-state index is 5.16. The number of hydrogen-bond acceptors (Lipinski definition) is 4. The van der Waals surface area contributed by atoms with Gasteiger partial charge < -0.3 is 10.1 Å². The smallest absolute Gasteiger partial charge is 0.216 e. The fraction of sp³-hybridized carbons (Fsp3) is 0.733. The van der Waals surface area contributed by atoms with Gasteiger partial charge in [0, 0.05) is 24.2 Å². The van der Waals surface area contributed by atoms with Crippen molar-refractivity contribution in [3.05, 3.63) is 18.1 Å². The fourth-order valence-corrected chi connectivity index (χ4v) is 3.02. The van der Waals surface area contributed by atoms with Crippen LogP contribution in [0.5, 0.6) is 5.88 Å².